The molecule has 0 atom stereocenters. The van der Waals surface area contributed by atoms with Gasteiger partial charge in [-0.3, -0.25) is 19.7 Å². The zero-order valence-electron chi connectivity index (χ0n) is 12.1. The van der Waals surface area contributed by atoms with E-state index in [1.165, 1.54) is 4.90 Å². The molecule has 3 amide bonds. The summed E-state index contributed by atoms with van der Waals surface area (Å²) < 4.78 is 0. The average molecular weight is 274 g/mol. The number of carbonyl (C=O) groups excluding carboxylic acids is 3. The van der Waals surface area contributed by atoms with Crippen LogP contribution in [0.15, 0.2) is 18.2 Å². The highest BCUT2D eigenvalue weighted by Gasteiger charge is 2.43. The molecule has 1 aromatic carbocycles. The van der Waals surface area contributed by atoms with Crippen LogP contribution in [-0.4, -0.2) is 34.7 Å². The number of hydrogen-bond donors (Lipinski definition) is 1. The summed E-state index contributed by atoms with van der Waals surface area (Å²) in [6.07, 6.45) is 0. The quantitative estimate of drug-likeness (QED) is 0.782. The van der Waals surface area contributed by atoms with Gasteiger partial charge in [-0.25, -0.2) is 0 Å². The summed E-state index contributed by atoms with van der Waals surface area (Å²) in [4.78, 5) is 37.3. The largest absolute Gasteiger partial charge is 0.315 e. The molecule has 0 aromatic heterocycles. The summed E-state index contributed by atoms with van der Waals surface area (Å²) in [5.41, 5.74) is 1.54. The molecule has 106 valence electrons. The maximum atomic E-state index is 12.6. The first-order valence-corrected chi connectivity index (χ1v) is 6.47. The normalized spacial score (nSPS) is 17.9. The van der Waals surface area contributed by atoms with Gasteiger partial charge < -0.3 is 4.90 Å². The van der Waals surface area contributed by atoms with Crippen LogP contribution < -0.4 is 5.32 Å². The molecule has 20 heavy (non-hydrogen) atoms. The average Bonchev–Trinajstić information content (AvgIpc) is 2.36. The highest BCUT2D eigenvalue weighted by molar-refractivity contribution is 6.08. The molecule has 0 spiro atoms. The number of aryl methyl sites for hydroxylation is 2. The van der Waals surface area contributed by atoms with Gasteiger partial charge in [0, 0.05) is 5.56 Å². The lowest BCUT2D eigenvalue weighted by Crippen LogP contribution is -2.65. The van der Waals surface area contributed by atoms with E-state index >= 15 is 0 Å². The van der Waals surface area contributed by atoms with Crippen LogP contribution in [0.5, 0.6) is 0 Å². The lowest BCUT2D eigenvalue weighted by Gasteiger charge is -2.40. The maximum Gasteiger partial charge on any atom is 0.255 e. The van der Waals surface area contributed by atoms with Crippen molar-refractivity contribution in [1.82, 2.24) is 10.2 Å². The standard InChI is InChI=1S/C15H18N2O3/c1-9-5-6-11(7-10(9)2)13(19)17-8-12(18)16-14(20)15(17,3)4/h5-7H,8H2,1-4H3,(H,16,18,20). The van der Waals surface area contributed by atoms with Gasteiger partial charge in [0.15, 0.2) is 0 Å². The predicted molar refractivity (Wildman–Crippen MR) is 74.2 cm³/mol. The van der Waals surface area contributed by atoms with Crippen molar-refractivity contribution in [3.8, 4) is 0 Å². The van der Waals surface area contributed by atoms with Crippen molar-refractivity contribution in [2.24, 2.45) is 0 Å². The first-order chi connectivity index (χ1) is 9.23. The number of rotatable bonds is 1. The molecule has 1 aromatic rings. The fourth-order valence-corrected chi connectivity index (χ4v) is 2.14. The van der Waals surface area contributed by atoms with Crippen molar-refractivity contribution in [3.05, 3.63) is 34.9 Å². The molecule has 1 saturated heterocycles. The Bertz CT molecular complexity index is 605. The van der Waals surface area contributed by atoms with Gasteiger partial charge in [0.1, 0.15) is 12.1 Å². The summed E-state index contributed by atoms with van der Waals surface area (Å²) in [5.74, 6) is -1.21. The number of piperazine rings is 1. The van der Waals surface area contributed by atoms with E-state index < -0.39 is 17.4 Å². The van der Waals surface area contributed by atoms with Crippen molar-refractivity contribution in [2.45, 2.75) is 33.2 Å². The van der Waals surface area contributed by atoms with Crippen molar-refractivity contribution < 1.29 is 14.4 Å². The Morgan fingerprint density at radius 1 is 1.20 bits per heavy atom. The zero-order chi connectivity index (χ0) is 15.1. The van der Waals surface area contributed by atoms with Crippen LogP contribution in [0.25, 0.3) is 0 Å². The van der Waals surface area contributed by atoms with E-state index in [1.807, 2.05) is 19.9 Å². The molecular formula is C15H18N2O3. The second kappa shape index (κ2) is 4.74. The van der Waals surface area contributed by atoms with E-state index in [0.717, 1.165) is 11.1 Å². The Balaban J connectivity index is 2.38. The highest BCUT2D eigenvalue weighted by atomic mass is 16.2. The van der Waals surface area contributed by atoms with Gasteiger partial charge in [-0.1, -0.05) is 6.07 Å². The van der Waals surface area contributed by atoms with Crippen LogP contribution in [0.3, 0.4) is 0 Å². The Morgan fingerprint density at radius 2 is 1.85 bits per heavy atom. The summed E-state index contributed by atoms with van der Waals surface area (Å²) in [6, 6.07) is 5.36. The van der Waals surface area contributed by atoms with Gasteiger partial charge in [-0.15, -0.1) is 0 Å². The van der Waals surface area contributed by atoms with E-state index in [4.69, 9.17) is 0 Å². The van der Waals surface area contributed by atoms with E-state index in [9.17, 15) is 14.4 Å². The van der Waals surface area contributed by atoms with Gasteiger partial charge >= 0.3 is 0 Å². The minimum absolute atomic E-state index is 0.107. The lowest BCUT2D eigenvalue weighted by atomic mass is 9.96. The molecule has 1 aliphatic heterocycles. The Hall–Kier alpha value is -2.17. The highest BCUT2D eigenvalue weighted by Crippen LogP contribution is 2.22. The predicted octanol–water partition coefficient (Wildman–Crippen LogP) is 1.18. The third-order valence-corrected chi connectivity index (χ3v) is 3.78. The minimum atomic E-state index is -1.04. The summed E-state index contributed by atoms with van der Waals surface area (Å²) >= 11 is 0. The Kier molecular flexibility index (Phi) is 3.38. The Morgan fingerprint density at radius 3 is 2.45 bits per heavy atom. The number of nitrogens with zero attached hydrogens (tertiary/aromatic N) is 1. The van der Waals surface area contributed by atoms with Crippen LogP contribution in [0.4, 0.5) is 0 Å². The smallest absolute Gasteiger partial charge is 0.255 e. The van der Waals surface area contributed by atoms with Crippen LogP contribution in [-0.2, 0) is 9.59 Å². The molecular weight excluding hydrogens is 256 g/mol. The molecule has 0 unspecified atom stereocenters. The fourth-order valence-electron chi connectivity index (χ4n) is 2.14. The number of amides is 3. The van der Waals surface area contributed by atoms with Crippen LogP contribution in [0.1, 0.15) is 35.3 Å². The van der Waals surface area contributed by atoms with E-state index in [2.05, 4.69) is 5.32 Å². The van der Waals surface area contributed by atoms with Gasteiger partial charge in [-0.2, -0.15) is 0 Å². The molecule has 1 aliphatic rings. The van der Waals surface area contributed by atoms with E-state index in [-0.39, 0.29) is 12.5 Å². The number of imide groups is 1. The third-order valence-electron chi connectivity index (χ3n) is 3.78. The SMILES string of the molecule is Cc1ccc(C(=O)N2CC(=O)NC(=O)C2(C)C)cc1C. The van der Waals surface area contributed by atoms with Gasteiger partial charge in [0.05, 0.1) is 0 Å². The molecule has 0 radical (unpaired) electrons. The fraction of sp³-hybridized carbons (Fsp3) is 0.400. The minimum Gasteiger partial charge on any atom is -0.315 e. The molecule has 5 heteroatoms. The van der Waals surface area contributed by atoms with Crippen molar-refractivity contribution in [3.63, 3.8) is 0 Å². The molecule has 0 saturated carbocycles. The molecule has 1 fully saturated rings. The van der Waals surface area contributed by atoms with E-state index in [0.29, 0.717) is 5.56 Å². The lowest BCUT2D eigenvalue weighted by molar-refractivity contribution is -0.143. The topological polar surface area (TPSA) is 66.5 Å². The first-order valence-electron chi connectivity index (χ1n) is 6.47. The third kappa shape index (κ3) is 2.31. The van der Waals surface area contributed by atoms with Crippen molar-refractivity contribution in [1.29, 1.82) is 0 Å². The van der Waals surface area contributed by atoms with Crippen LogP contribution in [0.2, 0.25) is 0 Å². The van der Waals surface area contributed by atoms with Crippen molar-refractivity contribution in [2.75, 3.05) is 6.54 Å². The van der Waals surface area contributed by atoms with Gasteiger partial charge in [-0.05, 0) is 51.0 Å². The molecule has 1 heterocycles. The number of hydrogen-bond acceptors (Lipinski definition) is 3. The number of carbonyl (C=O) groups is 3. The van der Waals surface area contributed by atoms with Crippen LogP contribution in [0, 0.1) is 13.8 Å². The van der Waals surface area contributed by atoms with Crippen LogP contribution >= 0.6 is 0 Å². The van der Waals surface area contributed by atoms with Crippen molar-refractivity contribution >= 4 is 17.7 Å². The molecule has 2 rings (SSSR count). The van der Waals surface area contributed by atoms with Gasteiger partial charge in [0.2, 0.25) is 5.91 Å². The number of nitrogens with one attached hydrogen (secondary N) is 1. The second-order valence-electron chi connectivity index (χ2n) is 5.63. The summed E-state index contributed by atoms with van der Waals surface area (Å²) in [5, 5.41) is 2.25. The van der Waals surface area contributed by atoms with E-state index in [1.54, 1.807) is 26.0 Å². The Labute approximate surface area is 118 Å². The summed E-state index contributed by atoms with van der Waals surface area (Å²) in [7, 11) is 0. The second-order valence-corrected chi connectivity index (χ2v) is 5.63. The summed E-state index contributed by atoms with van der Waals surface area (Å²) in [6.45, 7) is 7.04. The molecule has 5 nitrogen and oxygen atoms in total. The van der Waals surface area contributed by atoms with Gasteiger partial charge in [0.25, 0.3) is 11.8 Å². The number of benzene rings is 1. The first kappa shape index (κ1) is 14.2. The molecule has 0 aliphatic carbocycles. The molecule has 0 bridgehead atoms. The zero-order valence-corrected chi connectivity index (χ0v) is 12.1. The monoisotopic (exact) mass is 274 g/mol. The molecule has 1 N–H and O–H groups in total. The maximum absolute atomic E-state index is 12.6.